The van der Waals surface area contributed by atoms with E-state index in [0.717, 1.165) is 11.6 Å². The van der Waals surface area contributed by atoms with Crippen molar-refractivity contribution in [2.24, 2.45) is 0 Å². The molecule has 0 bridgehead atoms. The van der Waals surface area contributed by atoms with Crippen LogP contribution in [-0.2, 0) is 9.53 Å². The molecule has 162 valence electrons. The van der Waals surface area contributed by atoms with Crippen molar-refractivity contribution in [3.8, 4) is 17.2 Å². The fourth-order valence-corrected chi connectivity index (χ4v) is 3.36. The Balaban J connectivity index is 1.24. The fraction of sp³-hybridized carbons (Fsp3) is 0.286. The number of aromatic nitrogens is 2. The Morgan fingerprint density at radius 2 is 1.97 bits per heavy atom. The number of rotatable bonds is 6. The van der Waals surface area contributed by atoms with E-state index in [0.29, 0.717) is 36.3 Å². The van der Waals surface area contributed by atoms with Gasteiger partial charge in [-0.25, -0.2) is 4.39 Å². The predicted molar refractivity (Wildman–Crippen MR) is 112 cm³/mol. The van der Waals surface area contributed by atoms with Gasteiger partial charge in [-0.2, -0.15) is 0 Å². The molecule has 0 radical (unpaired) electrons. The molecule has 2 atom stereocenters. The zero-order valence-electron chi connectivity index (χ0n) is 16.2. The maximum absolute atomic E-state index is 13.4. The number of hydrogen-bond donors (Lipinski definition) is 1. The lowest BCUT2D eigenvalue weighted by atomic mass is 10.0. The number of nitrogens with zero attached hydrogens (tertiary/aromatic N) is 2. The molecule has 1 N–H and O–H groups in total. The van der Waals surface area contributed by atoms with Crippen molar-refractivity contribution in [2.75, 3.05) is 13.2 Å². The number of carbonyl (C=O) groups is 1. The second-order valence-electron chi connectivity index (χ2n) is 6.98. The minimum atomic E-state index is -0.605. The number of halogens is 3. The van der Waals surface area contributed by atoms with Crippen molar-refractivity contribution in [1.29, 1.82) is 0 Å². The Morgan fingerprint density at radius 1 is 1.16 bits per heavy atom. The fourth-order valence-electron chi connectivity index (χ4n) is 3.12. The summed E-state index contributed by atoms with van der Waals surface area (Å²) in [7, 11) is 0. The van der Waals surface area contributed by atoms with Gasteiger partial charge in [0.05, 0.1) is 17.7 Å². The van der Waals surface area contributed by atoms with Gasteiger partial charge in [-0.3, -0.25) is 4.79 Å². The van der Waals surface area contributed by atoms with Crippen molar-refractivity contribution >= 4 is 29.1 Å². The zero-order chi connectivity index (χ0) is 21.8. The minimum absolute atomic E-state index is 0.00718. The molecule has 31 heavy (non-hydrogen) atoms. The molecule has 1 aromatic heterocycles. The van der Waals surface area contributed by atoms with Gasteiger partial charge in [0.2, 0.25) is 11.8 Å². The van der Waals surface area contributed by atoms with Crippen LogP contribution in [-0.4, -0.2) is 35.4 Å². The molecule has 2 heterocycles. The molecule has 0 aliphatic carbocycles. The summed E-state index contributed by atoms with van der Waals surface area (Å²) in [4.78, 5) is 12.1. The van der Waals surface area contributed by atoms with Gasteiger partial charge in [0.25, 0.3) is 5.91 Å². The van der Waals surface area contributed by atoms with Crippen LogP contribution < -0.4 is 10.1 Å². The molecule has 7 nitrogen and oxygen atoms in total. The summed E-state index contributed by atoms with van der Waals surface area (Å²) in [6, 6.07) is 10.9. The van der Waals surface area contributed by atoms with E-state index in [2.05, 4.69) is 15.5 Å². The standard InChI is InChI=1S/C21H18Cl2FN3O4/c22-13-3-1-12(2-4-13)20-26-27-21(31-20)18-8-5-14(10-30-18)25-19(28)11-29-15-6-7-16(23)17(24)9-15/h1-4,6-7,9,14,18H,5,8,10-11H2,(H,25,28)/t14-,18+/m1/s1. The highest BCUT2D eigenvalue weighted by atomic mass is 35.5. The molecule has 0 spiro atoms. The monoisotopic (exact) mass is 465 g/mol. The highest BCUT2D eigenvalue weighted by Crippen LogP contribution is 2.29. The van der Waals surface area contributed by atoms with Gasteiger partial charge in [-0.05, 0) is 49.2 Å². The van der Waals surface area contributed by atoms with E-state index in [4.69, 9.17) is 37.1 Å². The molecule has 1 saturated heterocycles. The first-order chi connectivity index (χ1) is 15.0. The molecule has 10 heteroatoms. The first-order valence-corrected chi connectivity index (χ1v) is 10.3. The predicted octanol–water partition coefficient (Wildman–Crippen LogP) is 4.60. The lowest BCUT2D eigenvalue weighted by Crippen LogP contribution is -2.43. The molecule has 1 aliphatic rings. The van der Waals surface area contributed by atoms with Crippen molar-refractivity contribution in [2.45, 2.75) is 25.0 Å². The van der Waals surface area contributed by atoms with E-state index < -0.39 is 5.82 Å². The highest BCUT2D eigenvalue weighted by Gasteiger charge is 2.28. The summed E-state index contributed by atoms with van der Waals surface area (Å²) in [5.41, 5.74) is 0.768. The Morgan fingerprint density at radius 3 is 2.68 bits per heavy atom. The third-order valence-corrected chi connectivity index (χ3v) is 5.27. The molecule has 2 aromatic carbocycles. The molecule has 0 unspecified atom stereocenters. The SMILES string of the molecule is O=C(COc1ccc(Cl)c(F)c1)N[C@@H]1CC[C@@H](c2nnc(-c3ccc(Cl)cc3)o2)OC1. The van der Waals surface area contributed by atoms with Crippen molar-refractivity contribution < 1.29 is 23.1 Å². The first-order valence-electron chi connectivity index (χ1n) is 9.56. The van der Waals surface area contributed by atoms with Gasteiger partial charge < -0.3 is 19.2 Å². The summed E-state index contributed by atoms with van der Waals surface area (Å²) in [6.07, 6.45) is 0.941. The van der Waals surface area contributed by atoms with Crippen molar-refractivity contribution in [3.63, 3.8) is 0 Å². The number of nitrogens with one attached hydrogen (secondary N) is 1. The molecule has 3 aromatic rings. The van der Waals surface area contributed by atoms with Crippen molar-refractivity contribution in [1.82, 2.24) is 15.5 Å². The minimum Gasteiger partial charge on any atom is -0.484 e. The van der Waals surface area contributed by atoms with Gasteiger partial charge >= 0.3 is 0 Å². The Kier molecular flexibility index (Phi) is 6.70. The van der Waals surface area contributed by atoms with Gasteiger partial charge in [0, 0.05) is 16.7 Å². The average molecular weight is 466 g/mol. The summed E-state index contributed by atoms with van der Waals surface area (Å²) in [5.74, 6) is 0.0750. The lowest BCUT2D eigenvalue weighted by molar-refractivity contribution is -0.125. The lowest BCUT2D eigenvalue weighted by Gasteiger charge is -2.27. The molecular weight excluding hydrogens is 448 g/mol. The van der Waals surface area contributed by atoms with Crippen LogP contribution in [0.25, 0.3) is 11.5 Å². The van der Waals surface area contributed by atoms with E-state index in [9.17, 15) is 9.18 Å². The van der Waals surface area contributed by atoms with Crippen LogP contribution >= 0.6 is 23.2 Å². The topological polar surface area (TPSA) is 86.5 Å². The van der Waals surface area contributed by atoms with Crippen LogP contribution in [0.3, 0.4) is 0 Å². The van der Waals surface area contributed by atoms with Crippen LogP contribution in [0.15, 0.2) is 46.9 Å². The molecule has 0 saturated carbocycles. The zero-order valence-corrected chi connectivity index (χ0v) is 17.7. The van der Waals surface area contributed by atoms with Gasteiger partial charge in [-0.1, -0.05) is 23.2 Å². The van der Waals surface area contributed by atoms with Gasteiger partial charge in [-0.15, -0.1) is 10.2 Å². The third-order valence-electron chi connectivity index (χ3n) is 4.71. The number of ether oxygens (including phenoxy) is 2. The number of carbonyl (C=O) groups excluding carboxylic acids is 1. The van der Waals surface area contributed by atoms with E-state index in [1.807, 2.05) is 0 Å². The summed E-state index contributed by atoms with van der Waals surface area (Å²) in [5, 5.41) is 11.6. The highest BCUT2D eigenvalue weighted by molar-refractivity contribution is 6.31. The molecule has 4 rings (SSSR count). The number of hydrogen-bond acceptors (Lipinski definition) is 6. The van der Waals surface area contributed by atoms with Gasteiger partial charge in [0.15, 0.2) is 6.61 Å². The second kappa shape index (κ2) is 9.64. The van der Waals surface area contributed by atoms with Crippen LogP contribution in [0.5, 0.6) is 5.75 Å². The van der Waals surface area contributed by atoms with Crippen LogP contribution in [0, 0.1) is 5.82 Å². The normalized spacial score (nSPS) is 18.5. The third kappa shape index (κ3) is 5.52. The maximum Gasteiger partial charge on any atom is 0.258 e. The molecule has 1 amide bonds. The summed E-state index contributed by atoms with van der Waals surface area (Å²) >= 11 is 11.5. The van der Waals surface area contributed by atoms with E-state index in [1.165, 1.54) is 12.1 Å². The summed E-state index contributed by atoms with van der Waals surface area (Å²) in [6.45, 7) is 0.0553. The number of benzene rings is 2. The van der Waals surface area contributed by atoms with E-state index in [1.54, 1.807) is 24.3 Å². The van der Waals surface area contributed by atoms with E-state index in [-0.39, 0.29) is 35.4 Å². The molecule has 1 fully saturated rings. The van der Waals surface area contributed by atoms with Crippen LogP contribution in [0.2, 0.25) is 10.0 Å². The Labute approximate surface area is 187 Å². The molecule has 1 aliphatic heterocycles. The molecular formula is C21H18Cl2FN3O4. The van der Waals surface area contributed by atoms with Gasteiger partial charge in [0.1, 0.15) is 17.7 Å². The summed E-state index contributed by atoms with van der Waals surface area (Å²) < 4.78 is 30.2. The Hall–Kier alpha value is -2.68. The Bertz CT molecular complexity index is 1050. The maximum atomic E-state index is 13.4. The second-order valence-corrected chi connectivity index (χ2v) is 7.82. The average Bonchev–Trinajstić information content (AvgIpc) is 3.26. The quantitative estimate of drug-likeness (QED) is 0.572. The smallest absolute Gasteiger partial charge is 0.258 e. The largest absolute Gasteiger partial charge is 0.484 e. The number of amides is 1. The first kappa shape index (κ1) is 21.5. The van der Waals surface area contributed by atoms with E-state index >= 15 is 0 Å². The van der Waals surface area contributed by atoms with Crippen LogP contribution in [0.1, 0.15) is 24.8 Å². The van der Waals surface area contributed by atoms with Crippen LogP contribution in [0.4, 0.5) is 4.39 Å². The van der Waals surface area contributed by atoms with Crippen molar-refractivity contribution in [3.05, 3.63) is 64.2 Å².